The number of hydrogen-bond acceptors (Lipinski definition) is 6. The molecule has 0 heterocycles. The largest absolute Gasteiger partial charge is 0.383 e. The van der Waals surface area contributed by atoms with Crippen LogP contribution >= 0.6 is 0 Å². The van der Waals surface area contributed by atoms with Crippen LogP contribution in [0, 0.1) is 20.2 Å². The maximum Gasteiger partial charge on any atom is 0.279 e. The maximum atomic E-state index is 10.8. The molecule has 98 valence electrons. The van der Waals surface area contributed by atoms with E-state index in [2.05, 4.69) is 0 Å². The van der Waals surface area contributed by atoms with Crippen molar-refractivity contribution in [1.29, 1.82) is 0 Å². The number of ether oxygens (including phenoxy) is 1. The molecule has 1 aromatic carbocycles. The molecule has 1 unspecified atom stereocenters. The Morgan fingerprint density at radius 2 is 2.00 bits per heavy atom. The van der Waals surface area contributed by atoms with Crippen LogP contribution in [0.4, 0.5) is 11.4 Å². The van der Waals surface area contributed by atoms with Crippen molar-refractivity contribution >= 4 is 11.4 Å². The van der Waals surface area contributed by atoms with Gasteiger partial charge in [-0.1, -0.05) is 0 Å². The summed E-state index contributed by atoms with van der Waals surface area (Å²) in [7, 11) is 1.48. The summed E-state index contributed by atoms with van der Waals surface area (Å²) in [5.74, 6) is 0. The van der Waals surface area contributed by atoms with Crippen LogP contribution < -0.4 is 5.73 Å². The Hall–Kier alpha value is -2.06. The van der Waals surface area contributed by atoms with Crippen LogP contribution in [0.1, 0.15) is 5.56 Å². The lowest BCUT2D eigenvalue weighted by Crippen LogP contribution is -2.28. The first kappa shape index (κ1) is 14.0. The number of benzene rings is 1. The second-order valence-corrected chi connectivity index (χ2v) is 3.75. The molecule has 0 aliphatic carbocycles. The van der Waals surface area contributed by atoms with Gasteiger partial charge in [0.2, 0.25) is 0 Å². The number of nitro groups is 2. The number of hydrogen-bond donors (Lipinski definition) is 1. The molecule has 0 bridgehead atoms. The Morgan fingerprint density at radius 1 is 1.33 bits per heavy atom. The number of methoxy groups -OCH3 is 1. The van der Waals surface area contributed by atoms with Crippen molar-refractivity contribution < 1.29 is 14.6 Å². The second kappa shape index (κ2) is 6.03. The van der Waals surface area contributed by atoms with Gasteiger partial charge in [0.05, 0.1) is 22.5 Å². The summed E-state index contributed by atoms with van der Waals surface area (Å²) in [6, 6.07) is 3.12. The molecular weight excluding hydrogens is 242 g/mol. The smallest absolute Gasteiger partial charge is 0.279 e. The van der Waals surface area contributed by atoms with Crippen molar-refractivity contribution in [1.82, 2.24) is 0 Å². The highest BCUT2D eigenvalue weighted by molar-refractivity contribution is 5.49. The molecule has 1 aromatic rings. The van der Waals surface area contributed by atoms with Gasteiger partial charge in [0.15, 0.2) is 0 Å². The van der Waals surface area contributed by atoms with Crippen LogP contribution in [0.5, 0.6) is 0 Å². The van der Waals surface area contributed by atoms with Gasteiger partial charge in [0.1, 0.15) is 0 Å². The zero-order chi connectivity index (χ0) is 13.7. The molecule has 8 heteroatoms. The highest BCUT2D eigenvalue weighted by atomic mass is 16.6. The first-order valence-electron chi connectivity index (χ1n) is 5.12. The van der Waals surface area contributed by atoms with Crippen LogP contribution in [0.3, 0.4) is 0 Å². The molecular formula is C10H13N3O5. The van der Waals surface area contributed by atoms with Crippen LogP contribution in [-0.4, -0.2) is 29.6 Å². The molecule has 0 aromatic heterocycles. The minimum Gasteiger partial charge on any atom is -0.383 e. The Morgan fingerprint density at radius 3 is 2.50 bits per heavy atom. The fourth-order valence-electron chi connectivity index (χ4n) is 1.56. The molecule has 1 atom stereocenters. The van der Waals surface area contributed by atoms with E-state index in [4.69, 9.17) is 10.5 Å². The number of nitrogens with zero attached hydrogens (tertiary/aromatic N) is 2. The van der Waals surface area contributed by atoms with Gasteiger partial charge in [-0.2, -0.15) is 0 Å². The lowest BCUT2D eigenvalue weighted by molar-refractivity contribution is -0.394. The van der Waals surface area contributed by atoms with Crippen LogP contribution in [0.15, 0.2) is 18.2 Å². The average molecular weight is 255 g/mol. The Balaban J connectivity index is 3.04. The maximum absolute atomic E-state index is 10.8. The van der Waals surface area contributed by atoms with Crippen LogP contribution in [0.25, 0.3) is 0 Å². The van der Waals surface area contributed by atoms with E-state index in [1.807, 2.05) is 0 Å². The molecule has 2 N–H and O–H groups in total. The van der Waals surface area contributed by atoms with Gasteiger partial charge in [-0.15, -0.1) is 0 Å². The topological polar surface area (TPSA) is 122 Å². The van der Waals surface area contributed by atoms with Crippen molar-refractivity contribution in [2.24, 2.45) is 5.73 Å². The van der Waals surface area contributed by atoms with Gasteiger partial charge < -0.3 is 10.5 Å². The lowest BCUT2D eigenvalue weighted by atomic mass is 10.0. The fourth-order valence-corrected chi connectivity index (χ4v) is 1.56. The van der Waals surface area contributed by atoms with E-state index >= 15 is 0 Å². The standard InChI is InChI=1S/C10H13N3O5/c1-18-6-8(11)4-7-2-3-9(12(14)15)5-10(7)13(16)17/h2-3,5,8H,4,6,11H2,1H3. The van der Waals surface area contributed by atoms with E-state index in [9.17, 15) is 20.2 Å². The van der Waals surface area contributed by atoms with Crippen molar-refractivity contribution in [2.45, 2.75) is 12.5 Å². The first-order valence-corrected chi connectivity index (χ1v) is 5.12. The summed E-state index contributed by atoms with van der Waals surface area (Å²) in [5.41, 5.74) is 5.45. The van der Waals surface area contributed by atoms with Crippen LogP contribution in [0.2, 0.25) is 0 Å². The third-order valence-electron chi connectivity index (χ3n) is 2.34. The molecule has 0 spiro atoms. The number of nitro benzene ring substituents is 2. The second-order valence-electron chi connectivity index (χ2n) is 3.75. The summed E-state index contributed by atoms with van der Waals surface area (Å²) >= 11 is 0. The SMILES string of the molecule is COCC(N)Cc1ccc([N+](=O)[O-])cc1[N+](=O)[O-]. The normalized spacial score (nSPS) is 12.1. The van der Waals surface area contributed by atoms with E-state index in [1.54, 1.807) is 0 Å². The van der Waals surface area contributed by atoms with Gasteiger partial charge in [-0.05, 0) is 12.5 Å². The van der Waals surface area contributed by atoms with Gasteiger partial charge >= 0.3 is 0 Å². The van der Waals surface area contributed by atoms with E-state index in [-0.39, 0.29) is 24.4 Å². The van der Waals surface area contributed by atoms with Gasteiger partial charge in [-0.3, -0.25) is 20.2 Å². The molecule has 0 amide bonds. The third-order valence-corrected chi connectivity index (χ3v) is 2.34. The van der Waals surface area contributed by atoms with Gasteiger partial charge in [-0.25, -0.2) is 0 Å². The molecule has 0 aliphatic heterocycles. The Bertz CT molecular complexity index is 463. The molecule has 0 fully saturated rings. The van der Waals surface area contributed by atoms with E-state index < -0.39 is 15.9 Å². The average Bonchev–Trinajstić information content (AvgIpc) is 2.29. The minimum atomic E-state index is -0.675. The zero-order valence-electron chi connectivity index (χ0n) is 9.74. The molecule has 0 saturated carbocycles. The predicted octanol–water partition coefficient (Wildman–Crippen LogP) is 1.02. The summed E-state index contributed by atoms with van der Waals surface area (Å²) in [5, 5.41) is 21.4. The number of non-ortho nitro benzene ring substituents is 1. The number of nitrogens with two attached hydrogens (primary N) is 1. The highest BCUT2D eigenvalue weighted by Crippen LogP contribution is 2.25. The molecule has 8 nitrogen and oxygen atoms in total. The van der Waals surface area contributed by atoms with Crippen molar-refractivity contribution in [3.8, 4) is 0 Å². The lowest BCUT2D eigenvalue weighted by Gasteiger charge is -2.10. The van der Waals surface area contributed by atoms with Crippen LogP contribution in [-0.2, 0) is 11.2 Å². The molecule has 1 rings (SSSR count). The highest BCUT2D eigenvalue weighted by Gasteiger charge is 2.20. The summed E-state index contributed by atoms with van der Waals surface area (Å²) in [6.07, 6.45) is 0.224. The van der Waals surface area contributed by atoms with E-state index in [0.717, 1.165) is 6.07 Å². The monoisotopic (exact) mass is 255 g/mol. The molecule has 0 radical (unpaired) electrons. The third kappa shape index (κ3) is 3.47. The minimum absolute atomic E-state index is 0.224. The Kier molecular flexibility index (Phi) is 4.69. The van der Waals surface area contributed by atoms with E-state index in [0.29, 0.717) is 5.56 Å². The summed E-state index contributed by atoms with van der Waals surface area (Å²) in [6.45, 7) is 0.258. The molecule has 0 aliphatic rings. The van der Waals surface area contributed by atoms with Crippen molar-refractivity contribution in [2.75, 3.05) is 13.7 Å². The summed E-state index contributed by atoms with van der Waals surface area (Å²) < 4.78 is 4.84. The predicted molar refractivity (Wildman–Crippen MR) is 63.3 cm³/mol. The molecule has 0 saturated heterocycles. The van der Waals surface area contributed by atoms with E-state index in [1.165, 1.54) is 19.2 Å². The van der Waals surface area contributed by atoms with Gasteiger partial charge in [0.25, 0.3) is 11.4 Å². The quantitative estimate of drug-likeness (QED) is 0.598. The zero-order valence-corrected chi connectivity index (χ0v) is 9.74. The molecule has 18 heavy (non-hydrogen) atoms. The van der Waals surface area contributed by atoms with Crippen molar-refractivity contribution in [3.63, 3.8) is 0 Å². The fraction of sp³-hybridized carbons (Fsp3) is 0.400. The Labute approximate surface area is 103 Å². The summed E-state index contributed by atoms with van der Waals surface area (Å²) in [4.78, 5) is 20.1. The first-order chi connectivity index (χ1) is 8.45. The van der Waals surface area contributed by atoms with Crippen molar-refractivity contribution in [3.05, 3.63) is 44.0 Å². The number of rotatable bonds is 6. The van der Waals surface area contributed by atoms with Gasteiger partial charge in [0, 0.05) is 24.8 Å².